The molecule has 3 atom stereocenters. The zero-order chi connectivity index (χ0) is 26.1. The van der Waals surface area contributed by atoms with Gasteiger partial charge in [-0.05, 0) is 0 Å². The topological polar surface area (TPSA) is 180 Å². The molecule has 192 valence electrons. The van der Waals surface area contributed by atoms with Crippen molar-refractivity contribution in [2.75, 3.05) is 18.0 Å². The standard InChI is InChI=1S/C22H21N7O6S2/c23-22-25-8-13(37-22)14(27-35-12-4-5-24-17(12)30)18(31)26-15-19(32)29-16(21(33)34)11(10-36-20(15)29)9-28-6-2-1-3-7-28/h1-3,6-8,12,15,20H,4-5,9-10H2,(H4-,23,24,25,26,27,30,31,33,34)/p+1/t12-,15+,20+/m0/s1. The Morgan fingerprint density at radius 2 is 2.11 bits per heavy atom. The van der Waals surface area contributed by atoms with Crippen LogP contribution in [-0.2, 0) is 30.6 Å². The molecule has 0 spiro atoms. The maximum atomic E-state index is 13.2. The molecule has 3 aliphatic rings. The Labute approximate surface area is 218 Å². The molecule has 5 rings (SSSR count). The smallest absolute Gasteiger partial charge is 0.352 e. The Hall–Kier alpha value is -3.98. The third kappa shape index (κ3) is 4.86. The van der Waals surface area contributed by atoms with E-state index in [1.165, 1.54) is 22.9 Å². The molecule has 37 heavy (non-hydrogen) atoms. The van der Waals surface area contributed by atoms with E-state index in [9.17, 15) is 24.3 Å². The van der Waals surface area contributed by atoms with Crippen molar-refractivity contribution in [3.05, 3.63) is 52.9 Å². The number of β-lactam (4-membered cyclic amide) rings is 1. The van der Waals surface area contributed by atoms with Crippen LogP contribution in [0.15, 0.2) is 53.2 Å². The number of rotatable bonds is 8. The molecule has 2 fully saturated rings. The predicted molar refractivity (Wildman–Crippen MR) is 132 cm³/mol. The van der Waals surface area contributed by atoms with Crippen LogP contribution in [0.4, 0.5) is 5.13 Å². The lowest BCUT2D eigenvalue weighted by molar-refractivity contribution is -0.689. The largest absolute Gasteiger partial charge is 0.477 e. The molecule has 2 saturated heterocycles. The number of nitrogens with two attached hydrogens (primary N) is 1. The van der Waals surface area contributed by atoms with Crippen molar-refractivity contribution >= 4 is 57.6 Å². The first-order chi connectivity index (χ1) is 17.8. The minimum Gasteiger partial charge on any atom is -0.477 e. The quantitative estimate of drug-likeness (QED) is 0.141. The third-order valence-electron chi connectivity index (χ3n) is 5.93. The molecular weight excluding hydrogens is 522 g/mol. The summed E-state index contributed by atoms with van der Waals surface area (Å²) in [5, 5.41) is 18.6. The second kappa shape index (κ2) is 10.2. The van der Waals surface area contributed by atoms with Crippen molar-refractivity contribution in [1.82, 2.24) is 20.5 Å². The molecule has 0 saturated carbocycles. The lowest BCUT2D eigenvalue weighted by Crippen LogP contribution is -2.71. The number of hydrogen-bond acceptors (Lipinski definition) is 10. The predicted octanol–water partition coefficient (Wildman–Crippen LogP) is -0.939. The Bertz CT molecular complexity index is 1330. The molecule has 2 aromatic rings. The summed E-state index contributed by atoms with van der Waals surface area (Å²) in [7, 11) is 0. The van der Waals surface area contributed by atoms with Crippen molar-refractivity contribution in [1.29, 1.82) is 0 Å². The van der Waals surface area contributed by atoms with E-state index in [1.54, 1.807) is 0 Å². The number of pyridine rings is 1. The Balaban J connectivity index is 1.34. The minimum absolute atomic E-state index is 0.0738. The van der Waals surface area contributed by atoms with E-state index in [0.717, 1.165) is 11.3 Å². The number of hydrogen-bond donors (Lipinski definition) is 4. The molecule has 15 heteroatoms. The fourth-order valence-electron chi connectivity index (χ4n) is 4.16. The fourth-order valence-corrected chi connectivity index (χ4v) is 6.16. The number of carboxylic acids is 1. The number of aromatic nitrogens is 2. The first kappa shape index (κ1) is 24.7. The number of nitrogens with one attached hydrogen (secondary N) is 2. The van der Waals surface area contributed by atoms with Crippen molar-refractivity contribution in [3.8, 4) is 0 Å². The highest BCUT2D eigenvalue weighted by atomic mass is 32.2. The highest BCUT2D eigenvalue weighted by Gasteiger charge is 2.54. The molecule has 13 nitrogen and oxygen atoms in total. The molecule has 3 amide bonds. The Morgan fingerprint density at radius 3 is 2.76 bits per heavy atom. The van der Waals surface area contributed by atoms with Crippen LogP contribution >= 0.6 is 23.1 Å². The summed E-state index contributed by atoms with van der Waals surface area (Å²) in [5.41, 5.74) is 6.04. The molecular formula is C22H22N7O6S2+. The minimum atomic E-state index is -1.21. The van der Waals surface area contributed by atoms with Gasteiger partial charge in [0, 0.05) is 42.6 Å². The number of fused-ring (bicyclic) bond motifs is 1. The zero-order valence-corrected chi connectivity index (χ0v) is 20.8. The second-order valence-corrected chi connectivity index (χ2v) is 10.5. The lowest BCUT2D eigenvalue weighted by Gasteiger charge is -2.49. The monoisotopic (exact) mass is 544 g/mol. The van der Waals surface area contributed by atoms with Gasteiger partial charge < -0.3 is 26.3 Å². The average molecular weight is 545 g/mol. The maximum absolute atomic E-state index is 13.2. The van der Waals surface area contributed by atoms with Crippen LogP contribution in [0, 0.1) is 0 Å². The van der Waals surface area contributed by atoms with Gasteiger partial charge in [0.1, 0.15) is 17.1 Å². The highest BCUT2D eigenvalue weighted by molar-refractivity contribution is 8.00. The molecule has 0 unspecified atom stereocenters. The fraction of sp³-hybridized carbons (Fsp3) is 0.318. The van der Waals surface area contributed by atoms with Crippen molar-refractivity contribution in [2.45, 2.75) is 30.5 Å². The van der Waals surface area contributed by atoms with Crippen molar-refractivity contribution in [2.24, 2.45) is 5.16 Å². The van der Waals surface area contributed by atoms with E-state index in [-0.39, 0.29) is 22.4 Å². The zero-order valence-electron chi connectivity index (χ0n) is 19.2. The molecule has 5 N–H and O–H groups in total. The third-order valence-corrected chi connectivity index (χ3v) is 8.10. The number of thioether (sulfide) groups is 1. The number of nitrogens with zero attached hydrogens (tertiary/aromatic N) is 4. The summed E-state index contributed by atoms with van der Waals surface area (Å²) >= 11 is 2.36. The SMILES string of the molecule is Nc1ncc(/C(=N\O[C@H]2CCNC2=O)C(=O)N[C@@H]2C(=O)N3C(C(=O)O)=C(C[n+]4ccccc4)CS[C@H]23)s1. The number of nitrogen functional groups attached to an aromatic ring is 1. The first-order valence-electron chi connectivity index (χ1n) is 11.2. The number of amides is 3. The normalized spacial score (nSPS) is 23.3. The van der Waals surface area contributed by atoms with Gasteiger partial charge in [-0.1, -0.05) is 22.6 Å². The van der Waals surface area contributed by atoms with Crippen LogP contribution in [0.3, 0.4) is 0 Å². The molecule has 0 aromatic carbocycles. The van der Waals surface area contributed by atoms with E-state index in [2.05, 4.69) is 20.8 Å². The number of thiazole rings is 1. The van der Waals surface area contributed by atoms with Crippen LogP contribution < -0.4 is 20.9 Å². The van der Waals surface area contributed by atoms with Gasteiger partial charge >= 0.3 is 5.97 Å². The van der Waals surface area contributed by atoms with E-state index in [1.807, 2.05) is 35.2 Å². The van der Waals surface area contributed by atoms with E-state index >= 15 is 0 Å². The van der Waals surface area contributed by atoms with Gasteiger partial charge in [-0.25, -0.2) is 14.3 Å². The van der Waals surface area contributed by atoms with Gasteiger partial charge in [-0.15, -0.1) is 11.8 Å². The van der Waals surface area contributed by atoms with Gasteiger partial charge in [-0.3, -0.25) is 19.3 Å². The van der Waals surface area contributed by atoms with Crippen LogP contribution in [-0.4, -0.2) is 74.2 Å². The van der Waals surface area contributed by atoms with Crippen LogP contribution in [0.5, 0.6) is 0 Å². The number of carbonyl (C=O) groups is 4. The summed E-state index contributed by atoms with van der Waals surface area (Å²) in [6.07, 6.45) is 4.53. The second-order valence-electron chi connectivity index (χ2n) is 8.34. The molecule has 3 aliphatic heterocycles. The van der Waals surface area contributed by atoms with Gasteiger partial charge in [0.25, 0.3) is 17.7 Å². The van der Waals surface area contributed by atoms with Gasteiger partial charge in [0.2, 0.25) is 6.10 Å². The number of oxime groups is 1. The first-order valence-corrected chi connectivity index (χ1v) is 13.1. The van der Waals surface area contributed by atoms with Gasteiger partial charge in [0.05, 0.1) is 4.88 Å². The summed E-state index contributed by atoms with van der Waals surface area (Å²) in [4.78, 5) is 60.9. The molecule has 0 bridgehead atoms. The summed E-state index contributed by atoms with van der Waals surface area (Å²) in [6, 6.07) is 4.55. The molecule has 2 aromatic heterocycles. The molecule has 0 radical (unpaired) electrons. The Kier molecular flexibility index (Phi) is 6.80. The van der Waals surface area contributed by atoms with Crippen LogP contribution in [0.1, 0.15) is 11.3 Å². The number of carboxylic acid groups (broad SMARTS) is 1. The molecule has 0 aliphatic carbocycles. The maximum Gasteiger partial charge on any atom is 0.352 e. The summed E-state index contributed by atoms with van der Waals surface area (Å²) in [6.45, 7) is 0.752. The van der Waals surface area contributed by atoms with Crippen molar-refractivity contribution in [3.63, 3.8) is 0 Å². The van der Waals surface area contributed by atoms with E-state index in [0.29, 0.717) is 35.7 Å². The summed E-state index contributed by atoms with van der Waals surface area (Å²) in [5.74, 6) is -2.45. The number of carbonyl (C=O) groups excluding carboxylic acids is 3. The van der Waals surface area contributed by atoms with Gasteiger partial charge in [0.15, 0.2) is 29.8 Å². The number of anilines is 1. The summed E-state index contributed by atoms with van der Waals surface area (Å²) < 4.78 is 1.83. The molecule has 5 heterocycles. The lowest BCUT2D eigenvalue weighted by atomic mass is 10.0. The van der Waals surface area contributed by atoms with Crippen molar-refractivity contribution < 1.29 is 33.7 Å². The van der Waals surface area contributed by atoms with Gasteiger partial charge in [-0.2, -0.15) is 0 Å². The average Bonchev–Trinajstić information content (AvgIpc) is 3.50. The highest BCUT2D eigenvalue weighted by Crippen LogP contribution is 2.40. The van der Waals surface area contributed by atoms with E-state index in [4.69, 9.17) is 10.6 Å². The van der Waals surface area contributed by atoms with Crippen LogP contribution in [0.2, 0.25) is 0 Å². The van der Waals surface area contributed by atoms with Crippen LogP contribution in [0.25, 0.3) is 0 Å². The number of aliphatic carboxylic acids is 1. The van der Waals surface area contributed by atoms with E-state index < -0.39 is 35.3 Å². The Morgan fingerprint density at radius 1 is 1.32 bits per heavy atom.